The van der Waals surface area contributed by atoms with Gasteiger partial charge in [0, 0.05) is 18.3 Å². The summed E-state index contributed by atoms with van der Waals surface area (Å²) in [6.07, 6.45) is 1.83. The molecule has 1 heterocycles. The molecule has 2 heteroatoms. The molecular formula is C15H18N2. The maximum absolute atomic E-state index is 4.36. The van der Waals surface area contributed by atoms with E-state index < -0.39 is 0 Å². The summed E-state index contributed by atoms with van der Waals surface area (Å²) in [5.74, 6) is 0. The van der Waals surface area contributed by atoms with Gasteiger partial charge in [-0.25, -0.2) is 0 Å². The van der Waals surface area contributed by atoms with Crippen LogP contribution in [0.4, 0.5) is 0 Å². The van der Waals surface area contributed by atoms with Crippen LogP contribution in [0.3, 0.4) is 0 Å². The quantitative estimate of drug-likeness (QED) is 0.863. The molecule has 1 aromatic heterocycles. The highest BCUT2D eigenvalue weighted by molar-refractivity contribution is 5.19. The lowest BCUT2D eigenvalue weighted by atomic mass is 10.1. The molecule has 0 aliphatic carbocycles. The number of hydrogen-bond donors (Lipinski definition) is 1. The third-order valence-corrected chi connectivity index (χ3v) is 2.93. The molecule has 2 aromatic rings. The normalized spacial score (nSPS) is 14.2. The molecule has 17 heavy (non-hydrogen) atoms. The van der Waals surface area contributed by atoms with E-state index in [1.54, 1.807) is 0 Å². The van der Waals surface area contributed by atoms with E-state index in [0.717, 1.165) is 5.69 Å². The lowest BCUT2D eigenvalue weighted by molar-refractivity contribution is 0.486. The Morgan fingerprint density at radius 2 is 1.59 bits per heavy atom. The van der Waals surface area contributed by atoms with Crippen LogP contribution in [0.5, 0.6) is 0 Å². The molecule has 0 bridgehead atoms. The minimum Gasteiger partial charge on any atom is -0.302 e. The molecule has 1 unspecified atom stereocenters. The maximum atomic E-state index is 4.36. The van der Waals surface area contributed by atoms with Gasteiger partial charge in [-0.2, -0.15) is 0 Å². The summed E-state index contributed by atoms with van der Waals surface area (Å²) < 4.78 is 0. The zero-order chi connectivity index (χ0) is 12.1. The van der Waals surface area contributed by atoms with E-state index in [2.05, 4.69) is 54.5 Å². The largest absolute Gasteiger partial charge is 0.302 e. The molecule has 0 aliphatic rings. The van der Waals surface area contributed by atoms with Crippen LogP contribution in [0.25, 0.3) is 0 Å². The molecule has 0 aliphatic heterocycles. The highest BCUT2D eigenvalue weighted by Gasteiger charge is 2.10. The van der Waals surface area contributed by atoms with Gasteiger partial charge in [0.1, 0.15) is 0 Å². The van der Waals surface area contributed by atoms with E-state index in [1.807, 2.05) is 24.4 Å². The minimum atomic E-state index is 0.256. The van der Waals surface area contributed by atoms with Gasteiger partial charge in [0.05, 0.1) is 5.69 Å². The Morgan fingerprint density at radius 1 is 0.882 bits per heavy atom. The van der Waals surface area contributed by atoms with Gasteiger partial charge in [0.15, 0.2) is 0 Å². The molecule has 0 fully saturated rings. The van der Waals surface area contributed by atoms with Gasteiger partial charge in [-0.3, -0.25) is 4.98 Å². The molecule has 88 valence electrons. The van der Waals surface area contributed by atoms with E-state index >= 15 is 0 Å². The summed E-state index contributed by atoms with van der Waals surface area (Å²) in [5.41, 5.74) is 2.38. The van der Waals surface area contributed by atoms with E-state index in [4.69, 9.17) is 0 Å². The lowest BCUT2D eigenvalue weighted by Gasteiger charge is -2.19. The molecule has 0 amide bonds. The Balaban J connectivity index is 2.02. The Labute approximate surface area is 103 Å². The van der Waals surface area contributed by atoms with E-state index in [-0.39, 0.29) is 6.04 Å². The van der Waals surface area contributed by atoms with Crippen molar-refractivity contribution in [3.8, 4) is 0 Å². The minimum absolute atomic E-state index is 0.256. The molecule has 0 saturated carbocycles. The maximum Gasteiger partial charge on any atom is 0.0570 e. The second-order valence-corrected chi connectivity index (χ2v) is 4.28. The Kier molecular flexibility index (Phi) is 3.89. The summed E-state index contributed by atoms with van der Waals surface area (Å²) >= 11 is 0. The Bertz CT molecular complexity index is 395. The standard InChI is InChI=1S/C15H18N2/c1-12(14-8-4-3-5-9-14)17-13(2)15-10-6-7-11-16-15/h3-13,17H,1-2H3/t12-,13?/m1/s1. The fraction of sp³-hybridized carbons (Fsp3) is 0.267. The molecule has 2 atom stereocenters. The van der Waals surface area contributed by atoms with Gasteiger partial charge in [0.2, 0.25) is 0 Å². The van der Waals surface area contributed by atoms with Crippen LogP contribution in [-0.4, -0.2) is 4.98 Å². The summed E-state index contributed by atoms with van der Waals surface area (Å²) in [5, 5.41) is 3.55. The third-order valence-electron chi connectivity index (χ3n) is 2.93. The Morgan fingerprint density at radius 3 is 2.24 bits per heavy atom. The smallest absolute Gasteiger partial charge is 0.0570 e. The van der Waals surface area contributed by atoms with Gasteiger partial charge in [0.25, 0.3) is 0 Å². The van der Waals surface area contributed by atoms with Crippen molar-refractivity contribution in [1.29, 1.82) is 0 Å². The van der Waals surface area contributed by atoms with Crippen LogP contribution >= 0.6 is 0 Å². The van der Waals surface area contributed by atoms with Crippen molar-refractivity contribution in [1.82, 2.24) is 10.3 Å². The van der Waals surface area contributed by atoms with Crippen LogP contribution in [0.1, 0.15) is 37.2 Å². The summed E-state index contributed by atoms with van der Waals surface area (Å²) in [6.45, 7) is 4.32. The van der Waals surface area contributed by atoms with Crippen LogP contribution in [0.2, 0.25) is 0 Å². The van der Waals surface area contributed by atoms with Crippen LogP contribution < -0.4 is 5.32 Å². The first kappa shape index (κ1) is 11.8. The summed E-state index contributed by atoms with van der Waals surface area (Å²) in [6, 6.07) is 17.1. The molecule has 0 radical (unpaired) electrons. The topological polar surface area (TPSA) is 24.9 Å². The second-order valence-electron chi connectivity index (χ2n) is 4.28. The van der Waals surface area contributed by atoms with E-state index in [1.165, 1.54) is 5.56 Å². The lowest BCUT2D eigenvalue weighted by Crippen LogP contribution is -2.23. The van der Waals surface area contributed by atoms with Crippen molar-refractivity contribution in [3.05, 3.63) is 66.0 Å². The number of benzene rings is 1. The predicted octanol–water partition coefficient (Wildman–Crippen LogP) is 3.49. The fourth-order valence-corrected chi connectivity index (χ4v) is 1.93. The van der Waals surface area contributed by atoms with Gasteiger partial charge < -0.3 is 5.32 Å². The highest BCUT2D eigenvalue weighted by Crippen LogP contribution is 2.17. The summed E-state index contributed by atoms with van der Waals surface area (Å²) in [7, 11) is 0. The third kappa shape index (κ3) is 3.14. The first-order valence-corrected chi connectivity index (χ1v) is 5.99. The molecule has 2 rings (SSSR count). The van der Waals surface area contributed by atoms with Crippen LogP contribution in [0, 0.1) is 0 Å². The first-order chi connectivity index (χ1) is 8.27. The number of pyridine rings is 1. The number of nitrogens with one attached hydrogen (secondary N) is 1. The molecule has 0 saturated heterocycles. The molecule has 1 aromatic carbocycles. The second kappa shape index (κ2) is 5.60. The van der Waals surface area contributed by atoms with Crippen LogP contribution in [0.15, 0.2) is 54.7 Å². The highest BCUT2D eigenvalue weighted by atomic mass is 15.0. The van der Waals surface area contributed by atoms with Crippen molar-refractivity contribution in [2.45, 2.75) is 25.9 Å². The Hall–Kier alpha value is -1.67. The number of rotatable bonds is 4. The van der Waals surface area contributed by atoms with Gasteiger partial charge >= 0.3 is 0 Å². The monoisotopic (exact) mass is 226 g/mol. The molecule has 0 spiro atoms. The molecule has 1 N–H and O–H groups in total. The van der Waals surface area contributed by atoms with Crippen molar-refractivity contribution in [2.24, 2.45) is 0 Å². The predicted molar refractivity (Wildman–Crippen MR) is 70.6 cm³/mol. The van der Waals surface area contributed by atoms with Crippen LogP contribution in [-0.2, 0) is 0 Å². The zero-order valence-corrected chi connectivity index (χ0v) is 10.3. The first-order valence-electron chi connectivity index (χ1n) is 5.99. The molecule has 2 nitrogen and oxygen atoms in total. The van der Waals surface area contributed by atoms with Crippen molar-refractivity contribution in [3.63, 3.8) is 0 Å². The number of nitrogens with zero attached hydrogens (tertiary/aromatic N) is 1. The van der Waals surface area contributed by atoms with Gasteiger partial charge in [-0.15, -0.1) is 0 Å². The van der Waals surface area contributed by atoms with Gasteiger partial charge in [-0.1, -0.05) is 36.4 Å². The average Bonchev–Trinajstić information content (AvgIpc) is 2.40. The van der Waals surface area contributed by atoms with Gasteiger partial charge in [-0.05, 0) is 31.5 Å². The van der Waals surface area contributed by atoms with Crippen molar-refractivity contribution in [2.75, 3.05) is 0 Å². The molecular weight excluding hydrogens is 208 g/mol. The average molecular weight is 226 g/mol. The fourth-order valence-electron chi connectivity index (χ4n) is 1.93. The number of aromatic nitrogens is 1. The van der Waals surface area contributed by atoms with Crippen molar-refractivity contribution >= 4 is 0 Å². The van der Waals surface area contributed by atoms with Crippen molar-refractivity contribution < 1.29 is 0 Å². The van der Waals surface area contributed by atoms with E-state index in [9.17, 15) is 0 Å². The summed E-state index contributed by atoms with van der Waals surface area (Å²) in [4.78, 5) is 4.36. The zero-order valence-electron chi connectivity index (χ0n) is 10.3. The van der Waals surface area contributed by atoms with E-state index in [0.29, 0.717) is 6.04 Å². The number of hydrogen-bond acceptors (Lipinski definition) is 2. The SMILES string of the molecule is CC(N[C@H](C)c1ccccc1)c1ccccn1.